The molecule has 0 aliphatic carbocycles. The Morgan fingerprint density at radius 2 is 2.40 bits per heavy atom. The van der Waals surface area contributed by atoms with Crippen molar-refractivity contribution in [2.75, 3.05) is 27.2 Å². The molecule has 108 valence electrons. The first-order valence-electron chi connectivity index (χ1n) is 6.49. The Bertz CT molecular complexity index is 474. The summed E-state index contributed by atoms with van der Waals surface area (Å²) in [6.07, 6.45) is 2.96. The van der Waals surface area contributed by atoms with Crippen LogP contribution in [-0.4, -0.2) is 39.4 Å². The normalized spacial score (nSPS) is 14.2. The molecule has 1 N–H and O–H groups in total. The number of carbonyl (C=O) groups excluding carboxylic acids is 1. The van der Waals surface area contributed by atoms with Crippen LogP contribution in [0.4, 0.5) is 0 Å². The number of likely N-dealkylation sites (N-methyl/N-ethyl adjacent to an activating group) is 1. The third kappa shape index (κ3) is 4.52. The van der Waals surface area contributed by atoms with Crippen molar-refractivity contribution in [1.82, 2.24) is 0 Å². The van der Waals surface area contributed by atoms with Crippen molar-refractivity contribution in [3.8, 4) is 6.07 Å². The van der Waals surface area contributed by atoms with Crippen LogP contribution in [-0.2, 0) is 9.53 Å². The fourth-order valence-electron chi connectivity index (χ4n) is 1.70. The van der Waals surface area contributed by atoms with Gasteiger partial charge >= 0.3 is 5.97 Å². The molecular formula is C14H20N3O3+. The minimum absolute atomic E-state index is 0.0442. The molecule has 0 aromatic carbocycles. The van der Waals surface area contributed by atoms with Gasteiger partial charge in [0.15, 0.2) is 17.7 Å². The molecule has 2 atom stereocenters. The number of quaternary nitrogens is 1. The lowest BCUT2D eigenvalue weighted by Gasteiger charge is -2.17. The van der Waals surface area contributed by atoms with Crippen LogP contribution in [0.3, 0.4) is 0 Å². The second-order valence-corrected chi connectivity index (χ2v) is 4.52. The van der Waals surface area contributed by atoms with Crippen LogP contribution in [0, 0.1) is 17.2 Å². The summed E-state index contributed by atoms with van der Waals surface area (Å²) < 4.78 is 10.2. The van der Waals surface area contributed by atoms with Crippen LogP contribution in [0.15, 0.2) is 27.8 Å². The zero-order valence-electron chi connectivity index (χ0n) is 12.0. The van der Waals surface area contributed by atoms with Crippen LogP contribution >= 0.6 is 0 Å². The third-order valence-corrected chi connectivity index (χ3v) is 2.81. The first-order valence-corrected chi connectivity index (χ1v) is 6.49. The van der Waals surface area contributed by atoms with Gasteiger partial charge in [0, 0.05) is 6.21 Å². The second kappa shape index (κ2) is 8.12. The van der Waals surface area contributed by atoms with Gasteiger partial charge in [-0.3, -0.25) is 9.79 Å². The van der Waals surface area contributed by atoms with Crippen molar-refractivity contribution in [3.63, 3.8) is 0 Å². The Labute approximate surface area is 118 Å². The van der Waals surface area contributed by atoms with Crippen molar-refractivity contribution in [1.29, 1.82) is 5.26 Å². The average Bonchev–Trinajstić information content (AvgIpc) is 2.92. The summed E-state index contributed by atoms with van der Waals surface area (Å²) in [5, 5.41) is 8.92. The summed E-state index contributed by atoms with van der Waals surface area (Å²) >= 11 is 0. The number of esters is 1. The third-order valence-electron chi connectivity index (χ3n) is 2.81. The molecule has 1 aromatic rings. The van der Waals surface area contributed by atoms with E-state index in [1.807, 2.05) is 32.3 Å². The van der Waals surface area contributed by atoms with Gasteiger partial charge in [0.25, 0.3) is 0 Å². The van der Waals surface area contributed by atoms with Crippen molar-refractivity contribution >= 4 is 12.2 Å². The molecule has 1 aromatic heterocycles. The molecule has 0 fully saturated rings. The number of rotatable bonds is 7. The molecular weight excluding hydrogens is 258 g/mol. The molecule has 0 unspecified atom stereocenters. The van der Waals surface area contributed by atoms with Crippen molar-refractivity contribution in [2.45, 2.75) is 13.0 Å². The maximum Gasteiger partial charge on any atom is 0.328 e. The molecule has 1 rings (SSSR count). The highest BCUT2D eigenvalue weighted by molar-refractivity contribution is 5.92. The van der Waals surface area contributed by atoms with E-state index < -0.39 is 11.9 Å². The highest BCUT2D eigenvalue weighted by Gasteiger charge is 2.21. The number of nitrogens with one attached hydrogen (secondary N) is 1. The number of aliphatic imine (C=N–C) groups is 1. The first-order chi connectivity index (χ1) is 9.60. The number of carbonyl (C=O) groups is 1. The number of nitrogens with zero attached hydrogens (tertiary/aromatic N) is 2. The van der Waals surface area contributed by atoms with Crippen molar-refractivity contribution in [2.24, 2.45) is 10.9 Å². The molecule has 0 spiro atoms. The Balaban J connectivity index is 2.65. The SMILES string of the molecule is CCOC(=O)[C@H](C#N)C=NC[C@@H](c1ccco1)[NH+](C)C. The van der Waals surface area contributed by atoms with Gasteiger partial charge in [0.05, 0.1) is 39.6 Å². The number of hydrogen-bond acceptors (Lipinski definition) is 5. The lowest BCUT2D eigenvalue weighted by Crippen LogP contribution is -3.06. The lowest BCUT2D eigenvalue weighted by atomic mass is 10.2. The predicted octanol–water partition coefficient (Wildman–Crippen LogP) is 0.239. The zero-order valence-corrected chi connectivity index (χ0v) is 12.0. The smallest absolute Gasteiger partial charge is 0.328 e. The fourth-order valence-corrected chi connectivity index (χ4v) is 1.70. The molecule has 0 amide bonds. The van der Waals surface area contributed by atoms with E-state index in [0.29, 0.717) is 6.54 Å². The topological polar surface area (TPSA) is 80.0 Å². The Morgan fingerprint density at radius 3 is 2.90 bits per heavy atom. The highest BCUT2D eigenvalue weighted by Crippen LogP contribution is 2.10. The number of ether oxygens (including phenoxy) is 1. The van der Waals surface area contributed by atoms with E-state index in [4.69, 9.17) is 14.4 Å². The molecule has 1 heterocycles. The van der Waals surface area contributed by atoms with Crippen LogP contribution in [0.2, 0.25) is 0 Å². The largest absolute Gasteiger partial charge is 0.465 e. The summed E-state index contributed by atoms with van der Waals surface area (Å²) in [6.45, 7) is 2.39. The quantitative estimate of drug-likeness (QED) is 0.572. The summed E-state index contributed by atoms with van der Waals surface area (Å²) in [7, 11) is 3.99. The van der Waals surface area contributed by atoms with E-state index in [1.54, 1.807) is 13.2 Å². The van der Waals surface area contributed by atoms with E-state index in [1.165, 1.54) is 6.21 Å². The van der Waals surface area contributed by atoms with Gasteiger partial charge in [-0.05, 0) is 19.1 Å². The van der Waals surface area contributed by atoms with Crippen molar-refractivity contribution < 1.29 is 18.8 Å². The van der Waals surface area contributed by atoms with Gasteiger partial charge < -0.3 is 14.1 Å². The Kier molecular flexibility index (Phi) is 6.47. The fraction of sp³-hybridized carbons (Fsp3) is 0.500. The van der Waals surface area contributed by atoms with E-state index in [-0.39, 0.29) is 12.6 Å². The molecule has 20 heavy (non-hydrogen) atoms. The number of hydrogen-bond donors (Lipinski definition) is 1. The van der Waals surface area contributed by atoms with Crippen LogP contribution in [0.5, 0.6) is 0 Å². The molecule has 6 nitrogen and oxygen atoms in total. The standard InChI is InChI=1S/C14H19N3O3/c1-4-19-14(18)11(8-15)9-16-10-12(17(2)3)13-6-5-7-20-13/h5-7,9,11-12H,4,10H2,1-3H3/p+1/t11-,12+/m1/s1. The van der Waals surface area contributed by atoms with Gasteiger partial charge in [-0.15, -0.1) is 0 Å². The maximum absolute atomic E-state index is 11.5. The van der Waals surface area contributed by atoms with E-state index in [2.05, 4.69) is 4.99 Å². The van der Waals surface area contributed by atoms with Crippen LogP contribution < -0.4 is 4.90 Å². The monoisotopic (exact) mass is 278 g/mol. The Hall–Kier alpha value is -2.13. The van der Waals surface area contributed by atoms with Crippen LogP contribution in [0.25, 0.3) is 0 Å². The van der Waals surface area contributed by atoms with Crippen molar-refractivity contribution in [3.05, 3.63) is 24.2 Å². The first kappa shape index (κ1) is 15.9. The summed E-state index contributed by atoms with van der Waals surface area (Å²) in [5.74, 6) is -0.693. The second-order valence-electron chi connectivity index (χ2n) is 4.52. The summed E-state index contributed by atoms with van der Waals surface area (Å²) in [5.41, 5.74) is 0. The van der Waals surface area contributed by atoms with Gasteiger partial charge in [0.2, 0.25) is 0 Å². The summed E-state index contributed by atoms with van der Waals surface area (Å²) in [4.78, 5) is 16.8. The highest BCUT2D eigenvalue weighted by atomic mass is 16.5. The van der Waals surface area contributed by atoms with Gasteiger partial charge in [-0.25, -0.2) is 0 Å². The minimum Gasteiger partial charge on any atom is -0.465 e. The molecule has 0 bridgehead atoms. The van der Waals surface area contributed by atoms with Gasteiger partial charge in [0.1, 0.15) is 0 Å². The Morgan fingerprint density at radius 1 is 1.65 bits per heavy atom. The number of nitriles is 1. The van der Waals surface area contributed by atoms with Crippen LogP contribution in [0.1, 0.15) is 18.7 Å². The van der Waals surface area contributed by atoms with Gasteiger partial charge in [-0.2, -0.15) is 5.26 Å². The molecule has 0 saturated carbocycles. The molecule has 0 aliphatic heterocycles. The zero-order chi connectivity index (χ0) is 15.0. The molecule has 0 aliphatic rings. The average molecular weight is 278 g/mol. The van der Waals surface area contributed by atoms with E-state index >= 15 is 0 Å². The van der Waals surface area contributed by atoms with Gasteiger partial charge in [-0.1, -0.05) is 0 Å². The molecule has 0 radical (unpaired) electrons. The number of furan rings is 1. The lowest BCUT2D eigenvalue weighted by molar-refractivity contribution is -0.891. The van der Waals surface area contributed by atoms with E-state index in [0.717, 1.165) is 10.7 Å². The van der Waals surface area contributed by atoms with E-state index in [9.17, 15) is 4.79 Å². The predicted molar refractivity (Wildman–Crippen MR) is 73.4 cm³/mol. The molecule has 6 heteroatoms. The summed E-state index contributed by atoms with van der Waals surface area (Å²) in [6, 6.07) is 5.63. The maximum atomic E-state index is 11.5. The minimum atomic E-state index is -0.954. The molecule has 0 saturated heterocycles.